The lowest BCUT2D eigenvalue weighted by atomic mass is 9.97. The van der Waals surface area contributed by atoms with Crippen LogP contribution in [0.1, 0.15) is 54.5 Å². The molecule has 2 aromatic carbocycles. The first kappa shape index (κ1) is 18.3. The van der Waals surface area contributed by atoms with Gasteiger partial charge < -0.3 is 9.47 Å². The highest BCUT2D eigenvalue weighted by molar-refractivity contribution is 7.12. The molecule has 0 bridgehead atoms. The van der Waals surface area contributed by atoms with E-state index >= 15 is 0 Å². The average Bonchev–Trinajstić information content (AvgIpc) is 3.44. The number of hydrogen-bond donors (Lipinski definition) is 0. The van der Waals surface area contributed by atoms with Crippen LogP contribution in [-0.4, -0.2) is 17.3 Å². The monoisotopic (exact) mass is 404 g/mol. The third-order valence-corrected chi connectivity index (χ3v) is 6.36. The molecule has 1 aromatic heterocycles. The molecule has 2 atom stereocenters. The Morgan fingerprint density at radius 3 is 2.72 bits per heavy atom. The predicted molar refractivity (Wildman–Crippen MR) is 117 cm³/mol. The van der Waals surface area contributed by atoms with Gasteiger partial charge in [-0.3, -0.25) is 0 Å². The van der Waals surface area contributed by atoms with Gasteiger partial charge in [-0.05, 0) is 36.1 Å². The molecule has 0 aliphatic carbocycles. The molecule has 0 saturated carbocycles. The fourth-order valence-electron chi connectivity index (χ4n) is 3.97. The molecule has 148 valence electrons. The second-order valence-electron chi connectivity index (χ2n) is 7.37. The van der Waals surface area contributed by atoms with Gasteiger partial charge in [0.2, 0.25) is 6.23 Å². The zero-order chi connectivity index (χ0) is 19.6. The molecule has 0 saturated heterocycles. The van der Waals surface area contributed by atoms with Crippen molar-refractivity contribution in [3.05, 3.63) is 82.0 Å². The van der Waals surface area contributed by atoms with Crippen LogP contribution >= 0.6 is 11.3 Å². The molecule has 4 nitrogen and oxygen atoms in total. The number of para-hydroxylation sites is 2. The molecule has 0 N–H and O–H groups in total. The van der Waals surface area contributed by atoms with Crippen LogP contribution in [0.3, 0.4) is 0 Å². The molecule has 3 aromatic rings. The standard InChI is InChI=1S/C24H24N2O2S/c1-2-3-14-27-21-11-6-5-10-18(21)24-26-20(17-9-4-7-12-22(17)28-24)16-19(25-26)23-13-8-15-29-23/h4-13,15,20,24H,2-3,14,16H2,1H3/t20-,24+/m1/s1. The van der Waals surface area contributed by atoms with Gasteiger partial charge in [0, 0.05) is 12.0 Å². The summed E-state index contributed by atoms with van der Waals surface area (Å²) in [6.07, 6.45) is 2.73. The van der Waals surface area contributed by atoms with Crippen molar-refractivity contribution in [3.8, 4) is 11.5 Å². The molecule has 5 heteroatoms. The van der Waals surface area contributed by atoms with Gasteiger partial charge in [0.1, 0.15) is 11.5 Å². The van der Waals surface area contributed by atoms with Crippen LogP contribution in [0.5, 0.6) is 11.5 Å². The van der Waals surface area contributed by atoms with E-state index < -0.39 is 0 Å². The van der Waals surface area contributed by atoms with Crippen LogP contribution in [0.25, 0.3) is 0 Å². The number of unbranched alkanes of at least 4 members (excludes halogenated alkanes) is 1. The van der Waals surface area contributed by atoms with Crippen molar-refractivity contribution in [3.63, 3.8) is 0 Å². The number of fused-ring (bicyclic) bond motifs is 3. The summed E-state index contributed by atoms with van der Waals surface area (Å²) in [5.74, 6) is 1.81. The van der Waals surface area contributed by atoms with Gasteiger partial charge in [0.05, 0.1) is 28.8 Å². The van der Waals surface area contributed by atoms with Crippen LogP contribution in [0.2, 0.25) is 0 Å². The second kappa shape index (κ2) is 7.91. The lowest BCUT2D eigenvalue weighted by Crippen LogP contribution is -2.34. The lowest BCUT2D eigenvalue weighted by molar-refractivity contribution is -0.0206. The minimum absolute atomic E-state index is 0.172. The molecule has 3 heterocycles. The van der Waals surface area contributed by atoms with Crippen LogP contribution < -0.4 is 9.47 Å². The third-order valence-electron chi connectivity index (χ3n) is 5.45. The highest BCUT2D eigenvalue weighted by atomic mass is 32.1. The van der Waals surface area contributed by atoms with Gasteiger partial charge in [-0.1, -0.05) is 49.7 Å². The first-order valence-electron chi connectivity index (χ1n) is 10.2. The zero-order valence-electron chi connectivity index (χ0n) is 16.5. The summed E-state index contributed by atoms with van der Waals surface area (Å²) in [4.78, 5) is 1.23. The Labute approximate surface area is 175 Å². The number of nitrogens with zero attached hydrogens (tertiary/aromatic N) is 2. The highest BCUT2D eigenvalue weighted by Crippen LogP contribution is 2.48. The molecule has 5 rings (SSSR count). The van der Waals surface area contributed by atoms with Crippen LogP contribution in [-0.2, 0) is 0 Å². The van der Waals surface area contributed by atoms with Crippen molar-refractivity contribution in [1.29, 1.82) is 0 Å². The first-order valence-corrected chi connectivity index (χ1v) is 11.1. The molecular formula is C24H24N2O2S. The van der Waals surface area contributed by atoms with Crippen LogP contribution in [0.15, 0.2) is 71.1 Å². The van der Waals surface area contributed by atoms with Crippen molar-refractivity contribution in [2.75, 3.05) is 6.61 Å². The predicted octanol–water partition coefficient (Wildman–Crippen LogP) is 6.17. The van der Waals surface area contributed by atoms with Crippen LogP contribution in [0, 0.1) is 0 Å². The second-order valence-corrected chi connectivity index (χ2v) is 8.32. The third kappa shape index (κ3) is 3.40. The van der Waals surface area contributed by atoms with Gasteiger partial charge in [-0.2, -0.15) is 5.10 Å². The Kier molecular flexibility index (Phi) is 4.98. The molecule has 0 radical (unpaired) electrons. The summed E-state index contributed by atoms with van der Waals surface area (Å²) in [6.45, 7) is 2.88. The van der Waals surface area contributed by atoms with E-state index in [4.69, 9.17) is 14.6 Å². The maximum Gasteiger partial charge on any atom is 0.217 e. The molecule has 0 spiro atoms. The van der Waals surface area contributed by atoms with Gasteiger partial charge in [-0.15, -0.1) is 11.3 Å². The highest BCUT2D eigenvalue weighted by Gasteiger charge is 2.41. The lowest BCUT2D eigenvalue weighted by Gasteiger charge is -2.38. The normalized spacial score (nSPS) is 19.9. The topological polar surface area (TPSA) is 34.1 Å². The minimum Gasteiger partial charge on any atom is -0.493 e. The Morgan fingerprint density at radius 2 is 1.90 bits per heavy atom. The Bertz CT molecular complexity index is 1020. The van der Waals surface area contributed by atoms with Gasteiger partial charge in [-0.25, -0.2) is 5.01 Å². The van der Waals surface area contributed by atoms with Crippen molar-refractivity contribution in [2.24, 2.45) is 5.10 Å². The number of thiophene rings is 1. The smallest absolute Gasteiger partial charge is 0.217 e. The van der Waals surface area contributed by atoms with E-state index in [-0.39, 0.29) is 12.3 Å². The summed E-state index contributed by atoms with van der Waals surface area (Å²) in [5, 5.41) is 9.26. The Hall–Kier alpha value is -2.79. The molecule has 0 unspecified atom stereocenters. The first-order chi connectivity index (χ1) is 14.3. The fraction of sp³-hybridized carbons (Fsp3) is 0.292. The van der Waals surface area contributed by atoms with E-state index in [1.54, 1.807) is 11.3 Å². The summed E-state index contributed by atoms with van der Waals surface area (Å²) in [7, 11) is 0. The van der Waals surface area contributed by atoms with E-state index in [2.05, 4.69) is 53.7 Å². The summed E-state index contributed by atoms with van der Waals surface area (Å²) >= 11 is 1.74. The van der Waals surface area contributed by atoms with E-state index in [0.29, 0.717) is 6.61 Å². The van der Waals surface area contributed by atoms with Crippen molar-refractivity contribution < 1.29 is 9.47 Å². The van der Waals surface area contributed by atoms with Crippen molar-refractivity contribution in [2.45, 2.75) is 38.5 Å². The number of hydrogen-bond acceptors (Lipinski definition) is 5. The number of benzene rings is 2. The molecule has 0 amide bonds. The summed E-state index contributed by atoms with van der Waals surface area (Å²) in [6, 6.07) is 20.9. The Morgan fingerprint density at radius 1 is 1.07 bits per heavy atom. The number of ether oxygens (including phenoxy) is 2. The zero-order valence-corrected chi connectivity index (χ0v) is 17.3. The summed E-state index contributed by atoms with van der Waals surface area (Å²) in [5.41, 5.74) is 3.35. The largest absolute Gasteiger partial charge is 0.493 e. The quantitative estimate of drug-likeness (QED) is 0.461. The molecular weight excluding hydrogens is 380 g/mol. The van der Waals surface area contributed by atoms with Gasteiger partial charge in [0.15, 0.2) is 0 Å². The van der Waals surface area contributed by atoms with Crippen molar-refractivity contribution in [1.82, 2.24) is 5.01 Å². The minimum atomic E-state index is -0.301. The van der Waals surface area contributed by atoms with Crippen molar-refractivity contribution >= 4 is 17.0 Å². The molecule has 2 aliphatic rings. The van der Waals surface area contributed by atoms with E-state index in [1.165, 1.54) is 10.4 Å². The van der Waals surface area contributed by atoms with E-state index in [0.717, 1.165) is 42.0 Å². The molecule has 0 fully saturated rings. The summed E-state index contributed by atoms with van der Waals surface area (Å²) < 4.78 is 12.6. The number of hydrazone groups is 1. The Balaban J connectivity index is 1.55. The number of rotatable bonds is 6. The average molecular weight is 405 g/mol. The SMILES string of the molecule is CCCCOc1ccccc1[C@@H]1Oc2ccccc2[C@H]2CC(c3cccs3)=NN21. The fourth-order valence-corrected chi connectivity index (χ4v) is 4.69. The molecule has 2 aliphatic heterocycles. The van der Waals surface area contributed by atoms with E-state index in [1.807, 2.05) is 24.3 Å². The van der Waals surface area contributed by atoms with Gasteiger partial charge in [0.25, 0.3) is 0 Å². The maximum atomic E-state index is 6.49. The van der Waals surface area contributed by atoms with E-state index in [9.17, 15) is 0 Å². The maximum absolute atomic E-state index is 6.49. The van der Waals surface area contributed by atoms with Gasteiger partial charge >= 0.3 is 0 Å². The van der Waals surface area contributed by atoms with Crippen LogP contribution in [0.4, 0.5) is 0 Å². The molecule has 29 heavy (non-hydrogen) atoms.